The Bertz CT molecular complexity index is 973. The van der Waals surface area contributed by atoms with E-state index in [1.807, 2.05) is 0 Å². The van der Waals surface area contributed by atoms with E-state index in [4.69, 9.17) is 4.74 Å². The molecule has 0 saturated heterocycles. The van der Waals surface area contributed by atoms with Gasteiger partial charge in [-0.05, 0) is 43.0 Å². The highest BCUT2D eigenvalue weighted by molar-refractivity contribution is 6.06. The minimum atomic E-state index is -5.99. The van der Waals surface area contributed by atoms with Crippen molar-refractivity contribution in [2.24, 2.45) is 0 Å². The van der Waals surface area contributed by atoms with Gasteiger partial charge in [0.1, 0.15) is 5.75 Å². The highest BCUT2D eigenvalue weighted by Gasteiger charge is 2.71. The van der Waals surface area contributed by atoms with Gasteiger partial charge in [-0.15, -0.1) is 0 Å². The van der Waals surface area contributed by atoms with Crippen molar-refractivity contribution in [3.63, 3.8) is 0 Å². The second-order valence-electron chi connectivity index (χ2n) is 7.33. The standard InChI is InChI=1S/C21H20F6N2O3/c1-32-17-11-16-12(4-2-3-9-28-16)10-15(17)18(30)29-14-7-5-13(6-8-14)19(31,20(22,23)24)21(25,26)27/h5-8,10-11,28,31H,2-4,9H2,1H3,(H,29,30). The summed E-state index contributed by atoms with van der Waals surface area (Å²) in [5.74, 6) is -0.390. The number of amides is 1. The molecular weight excluding hydrogens is 442 g/mol. The monoisotopic (exact) mass is 462 g/mol. The number of anilines is 2. The molecule has 0 atom stereocenters. The minimum absolute atomic E-state index is 0.0550. The Kier molecular flexibility index (Phi) is 6.32. The summed E-state index contributed by atoms with van der Waals surface area (Å²) in [5, 5.41) is 15.1. The van der Waals surface area contributed by atoms with Crippen LogP contribution in [0.5, 0.6) is 5.75 Å². The fourth-order valence-corrected chi connectivity index (χ4v) is 3.49. The van der Waals surface area contributed by atoms with Crippen molar-refractivity contribution >= 4 is 17.3 Å². The number of hydrogen-bond donors (Lipinski definition) is 3. The van der Waals surface area contributed by atoms with Gasteiger partial charge < -0.3 is 20.5 Å². The number of nitrogens with one attached hydrogen (secondary N) is 2. The molecule has 0 saturated carbocycles. The first-order chi connectivity index (χ1) is 14.9. The van der Waals surface area contributed by atoms with Crippen LogP contribution in [0.2, 0.25) is 0 Å². The summed E-state index contributed by atoms with van der Waals surface area (Å²) in [4.78, 5) is 12.7. The van der Waals surface area contributed by atoms with Crippen LogP contribution in [0.15, 0.2) is 36.4 Å². The van der Waals surface area contributed by atoms with Crippen LogP contribution >= 0.6 is 0 Å². The number of carbonyl (C=O) groups excluding carboxylic acids is 1. The number of hydrogen-bond acceptors (Lipinski definition) is 4. The largest absolute Gasteiger partial charge is 0.496 e. The average Bonchev–Trinajstić information content (AvgIpc) is 2.95. The summed E-state index contributed by atoms with van der Waals surface area (Å²) in [6.45, 7) is 0.774. The molecule has 0 fully saturated rings. The lowest BCUT2D eigenvalue weighted by Gasteiger charge is -2.32. The Labute approximate surface area is 179 Å². The maximum absolute atomic E-state index is 13.0. The van der Waals surface area contributed by atoms with Crippen LogP contribution in [0.3, 0.4) is 0 Å². The third-order valence-corrected chi connectivity index (χ3v) is 5.24. The zero-order valence-electron chi connectivity index (χ0n) is 16.8. The predicted octanol–water partition coefficient (Wildman–Crippen LogP) is 5.01. The van der Waals surface area contributed by atoms with Crippen molar-refractivity contribution in [3.8, 4) is 5.75 Å². The summed E-state index contributed by atoms with van der Waals surface area (Å²) in [7, 11) is 1.37. The van der Waals surface area contributed by atoms with Gasteiger partial charge in [0.15, 0.2) is 0 Å². The first-order valence-electron chi connectivity index (χ1n) is 9.61. The highest BCUT2D eigenvalue weighted by atomic mass is 19.4. The topological polar surface area (TPSA) is 70.6 Å². The van der Waals surface area contributed by atoms with Gasteiger partial charge in [-0.25, -0.2) is 0 Å². The Morgan fingerprint density at radius 3 is 2.22 bits per heavy atom. The summed E-state index contributed by atoms with van der Waals surface area (Å²) in [6.07, 6.45) is -9.38. The maximum atomic E-state index is 13.0. The number of alkyl halides is 6. The lowest BCUT2D eigenvalue weighted by molar-refractivity contribution is -0.376. The number of benzene rings is 2. The van der Waals surface area contributed by atoms with Crippen LogP contribution in [0.4, 0.5) is 37.7 Å². The van der Waals surface area contributed by atoms with E-state index in [1.165, 1.54) is 7.11 Å². The number of fused-ring (bicyclic) bond motifs is 1. The maximum Gasteiger partial charge on any atom is 0.430 e. The Morgan fingerprint density at radius 2 is 1.66 bits per heavy atom. The van der Waals surface area contributed by atoms with Crippen molar-refractivity contribution in [3.05, 3.63) is 53.1 Å². The predicted molar refractivity (Wildman–Crippen MR) is 105 cm³/mol. The van der Waals surface area contributed by atoms with E-state index in [0.717, 1.165) is 49.2 Å². The third kappa shape index (κ3) is 4.34. The van der Waals surface area contributed by atoms with Gasteiger partial charge in [-0.1, -0.05) is 12.1 Å². The molecule has 3 N–H and O–H groups in total. The molecule has 2 aromatic rings. The number of carbonyl (C=O) groups is 1. The van der Waals surface area contributed by atoms with E-state index in [9.17, 15) is 36.2 Å². The summed E-state index contributed by atoms with van der Waals surface area (Å²) >= 11 is 0. The minimum Gasteiger partial charge on any atom is -0.496 e. The lowest BCUT2D eigenvalue weighted by atomic mass is 9.92. The van der Waals surface area contributed by atoms with Crippen LogP contribution in [-0.2, 0) is 12.0 Å². The Morgan fingerprint density at radius 1 is 1.03 bits per heavy atom. The Hall–Kier alpha value is -2.95. The van der Waals surface area contributed by atoms with E-state index in [-0.39, 0.29) is 17.0 Å². The van der Waals surface area contributed by atoms with Crippen LogP contribution in [0.25, 0.3) is 0 Å². The quantitative estimate of drug-likeness (QED) is 0.559. The van der Waals surface area contributed by atoms with E-state index in [0.29, 0.717) is 12.1 Å². The third-order valence-electron chi connectivity index (χ3n) is 5.24. The van der Waals surface area contributed by atoms with Crippen molar-refractivity contribution in [2.75, 3.05) is 24.3 Å². The molecule has 32 heavy (non-hydrogen) atoms. The average molecular weight is 462 g/mol. The first kappa shape index (κ1) is 23.7. The van der Waals surface area contributed by atoms with Gasteiger partial charge in [0.25, 0.3) is 11.5 Å². The molecule has 0 unspecified atom stereocenters. The number of aliphatic hydroxyl groups is 1. The number of rotatable bonds is 4. The van der Waals surface area contributed by atoms with Gasteiger partial charge in [0.2, 0.25) is 0 Å². The summed E-state index contributed by atoms with van der Waals surface area (Å²) in [6, 6.07) is 5.96. The number of aryl methyl sites for hydroxylation is 1. The van der Waals surface area contributed by atoms with Crippen LogP contribution in [0, 0.1) is 0 Å². The molecule has 3 rings (SSSR count). The molecule has 11 heteroatoms. The number of ether oxygens (including phenoxy) is 1. The van der Waals surface area contributed by atoms with E-state index in [1.54, 1.807) is 12.1 Å². The summed E-state index contributed by atoms with van der Waals surface area (Å²) in [5.41, 5.74) is -4.61. The van der Waals surface area contributed by atoms with Crippen LogP contribution < -0.4 is 15.4 Å². The molecule has 1 aliphatic rings. The van der Waals surface area contributed by atoms with Gasteiger partial charge in [0.05, 0.1) is 12.7 Å². The van der Waals surface area contributed by atoms with E-state index < -0.39 is 29.4 Å². The second-order valence-corrected chi connectivity index (χ2v) is 7.33. The molecule has 174 valence electrons. The fraction of sp³-hybridized carbons (Fsp3) is 0.381. The molecule has 5 nitrogen and oxygen atoms in total. The van der Waals surface area contributed by atoms with Gasteiger partial charge in [-0.3, -0.25) is 4.79 Å². The highest BCUT2D eigenvalue weighted by Crippen LogP contribution is 2.50. The van der Waals surface area contributed by atoms with Crippen LogP contribution in [-0.4, -0.2) is 37.0 Å². The molecule has 0 spiro atoms. The molecule has 0 aromatic heterocycles. The van der Waals surface area contributed by atoms with Gasteiger partial charge in [0, 0.05) is 29.5 Å². The molecule has 0 bridgehead atoms. The summed E-state index contributed by atoms with van der Waals surface area (Å²) < 4.78 is 83.3. The number of halogens is 6. The smallest absolute Gasteiger partial charge is 0.430 e. The zero-order valence-corrected chi connectivity index (χ0v) is 16.8. The van der Waals surface area contributed by atoms with Crippen molar-refractivity contribution < 1.29 is 41.0 Å². The molecule has 0 radical (unpaired) electrons. The Balaban J connectivity index is 1.88. The molecule has 0 aliphatic carbocycles. The normalized spacial score (nSPS) is 14.8. The molecule has 2 aromatic carbocycles. The fourth-order valence-electron chi connectivity index (χ4n) is 3.49. The van der Waals surface area contributed by atoms with E-state index in [2.05, 4.69) is 10.6 Å². The van der Waals surface area contributed by atoms with E-state index >= 15 is 0 Å². The van der Waals surface area contributed by atoms with Crippen molar-refractivity contribution in [1.82, 2.24) is 0 Å². The number of methoxy groups -OCH3 is 1. The van der Waals surface area contributed by atoms with Crippen molar-refractivity contribution in [2.45, 2.75) is 37.2 Å². The van der Waals surface area contributed by atoms with Crippen LogP contribution in [0.1, 0.15) is 34.3 Å². The van der Waals surface area contributed by atoms with Gasteiger partial charge in [-0.2, -0.15) is 26.3 Å². The SMILES string of the molecule is COc1cc2c(cc1C(=O)Nc1ccc(C(O)(C(F)(F)F)C(F)(F)F)cc1)CCCCN2. The molecule has 1 amide bonds. The van der Waals surface area contributed by atoms with Crippen molar-refractivity contribution in [1.29, 1.82) is 0 Å². The lowest BCUT2D eigenvalue weighted by Crippen LogP contribution is -2.53. The first-order valence-corrected chi connectivity index (χ1v) is 9.61. The van der Waals surface area contributed by atoms with Gasteiger partial charge >= 0.3 is 12.4 Å². The molecule has 1 heterocycles. The second kappa shape index (κ2) is 8.53. The zero-order chi connectivity index (χ0) is 23.7. The molecule has 1 aliphatic heterocycles. The molecular formula is C21H20F6N2O3.